The third kappa shape index (κ3) is 2.69. The van der Waals surface area contributed by atoms with Crippen LogP contribution in [0.3, 0.4) is 0 Å². The highest BCUT2D eigenvalue weighted by atomic mass is 35.5. The van der Waals surface area contributed by atoms with E-state index < -0.39 is 15.9 Å². The van der Waals surface area contributed by atoms with Crippen LogP contribution in [-0.2, 0) is 10.1 Å². The Hall–Kier alpha value is -1.77. The van der Waals surface area contributed by atoms with Gasteiger partial charge in [-0.25, -0.2) is 4.39 Å². The van der Waals surface area contributed by atoms with Gasteiger partial charge in [0.25, 0.3) is 0 Å². The van der Waals surface area contributed by atoms with Gasteiger partial charge in [-0.05, 0) is 30.3 Å². The molecule has 0 saturated carbocycles. The van der Waals surface area contributed by atoms with Crippen LogP contribution in [0, 0.1) is 5.82 Å². The molecule has 2 aromatic carbocycles. The summed E-state index contributed by atoms with van der Waals surface area (Å²) in [6.07, 6.45) is 0. The molecular weight excluding hydrogens is 339 g/mol. The third-order valence-electron chi connectivity index (χ3n) is 2.61. The lowest BCUT2D eigenvalue weighted by Crippen LogP contribution is -2.10. The first kappa shape index (κ1) is 14.2. The van der Waals surface area contributed by atoms with E-state index >= 15 is 0 Å². The van der Waals surface area contributed by atoms with E-state index in [4.69, 9.17) is 15.8 Å². The van der Waals surface area contributed by atoms with E-state index in [1.165, 1.54) is 12.1 Å². The van der Waals surface area contributed by atoms with Crippen LogP contribution in [0.25, 0.3) is 11.0 Å². The summed E-state index contributed by atoms with van der Waals surface area (Å²) >= 11 is 6.66. The minimum absolute atomic E-state index is 0.117. The average molecular weight is 345 g/mol. The Bertz CT molecular complexity index is 927. The van der Waals surface area contributed by atoms with Gasteiger partial charge in [0.1, 0.15) is 21.7 Å². The molecular formula is C12H6ClFN2O3S2. The topological polar surface area (TPSA) is 69.2 Å². The molecule has 0 fully saturated rings. The standard InChI is InChI=1S/C12H6ClFN2O3S2/c13-8-6-7(14)4-5-10(8)19-21(17,18)11-3-1-2-9-12(11)16-20-15-9/h1-6H. The second kappa shape index (κ2) is 5.21. The lowest BCUT2D eigenvalue weighted by atomic mass is 10.3. The van der Waals surface area contributed by atoms with Crippen LogP contribution >= 0.6 is 23.3 Å². The summed E-state index contributed by atoms with van der Waals surface area (Å²) in [4.78, 5) is -0.117. The van der Waals surface area contributed by atoms with Gasteiger partial charge in [0.2, 0.25) is 0 Å². The summed E-state index contributed by atoms with van der Waals surface area (Å²) in [5, 5.41) is -0.137. The van der Waals surface area contributed by atoms with Crippen LogP contribution in [0.15, 0.2) is 41.3 Å². The molecule has 0 N–H and O–H groups in total. The second-order valence-corrected chi connectivity index (χ2v) is 6.45. The van der Waals surface area contributed by atoms with Crippen LogP contribution in [0.4, 0.5) is 4.39 Å². The number of nitrogens with zero attached hydrogens (tertiary/aromatic N) is 2. The highest BCUT2D eigenvalue weighted by Gasteiger charge is 2.23. The zero-order chi connectivity index (χ0) is 15.0. The van der Waals surface area contributed by atoms with Crippen LogP contribution in [0.2, 0.25) is 5.02 Å². The van der Waals surface area contributed by atoms with Crippen molar-refractivity contribution in [3.05, 3.63) is 47.2 Å². The van der Waals surface area contributed by atoms with Gasteiger partial charge >= 0.3 is 10.1 Å². The maximum atomic E-state index is 13.0. The Morgan fingerprint density at radius 3 is 2.76 bits per heavy atom. The van der Waals surface area contributed by atoms with Gasteiger partial charge in [-0.2, -0.15) is 17.2 Å². The Morgan fingerprint density at radius 2 is 2.00 bits per heavy atom. The normalized spacial score (nSPS) is 11.7. The SMILES string of the molecule is O=S(=O)(Oc1ccc(F)cc1Cl)c1cccc2nsnc12. The van der Waals surface area contributed by atoms with Gasteiger partial charge in [-0.1, -0.05) is 17.7 Å². The molecule has 0 amide bonds. The molecule has 0 unspecified atom stereocenters. The van der Waals surface area contributed by atoms with E-state index in [0.29, 0.717) is 5.52 Å². The summed E-state index contributed by atoms with van der Waals surface area (Å²) in [5.41, 5.74) is 0.676. The first-order valence-electron chi connectivity index (χ1n) is 5.58. The molecule has 0 bridgehead atoms. The molecule has 0 aliphatic carbocycles. The van der Waals surface area contributed by atoms with E-state index in [1.54, 1.807) is 6.07 Å². The molecule has 0 atom stereocenters. The van der Waals surface area contributed by atoms with Gasteiger partial charge < -0.3 is 4.18 Å². The van der Waals surface area contributed by atoms with Crippen molar-refractivity contribution in [3.8, 4) is 5.75 Å². The molecule has 1 heterocycles. The number of hydrogen-bond acceptors (Lipinski definition) is 6. The molecule has 0 spiro atoms. The Morgan fingerprint density at radius 1 is 1.19 bits per heavy atom. The van der Waals surface area contributed by atoms with Crippen LogP contribution in [-0.4, -0.2) is 17.2 Å². The molecule has 3 rings (SSSR count). The van der Waals surface area contributed by atoms with Gasteiger partial charge in [0.05, 0.1) is 16.8 Å². The van der Waals surface area contributed by atoms with E-state index in [-0.39, 0.29) is 21.2 Å². The third-order valence-corrected chi connectivity index (χ3v) is 4.72. The summed E-state index contributed by atoms with van der Waals surface area (Å²) in [6, 6.07) is 7.71. The molecule has 0 aliphatic heterocycles. The van der Waals surface area contributed by atoms with Crippen LogP contribution < -0.4 is 4.18 Å². The monoisotopic (exact) mass is 344 g/mol. The number of benzene rings is 2. The summed E-state index contributed by atoms with van der Waals surface area (Å²) in [5.74, 6) is -0.742. The van der Waals surface area contributed by atoms with Crippen molar-refractivity contribution in [3.63, 3.8) is 0 Å². The number of aromatic nitrogens is 2. The fourth-order valence-corrected chi connectivity index (χ4v) is 3.65. The minimum Gasteiger partial charge on any atom is -0.377 e. The molecule has 3 aromatic rings. The van der Waals surface area contributed by atoms with E-state index in [1.807, 2.05) is 0 Å². The maximum absolute atomic E-state index is 13.0. The fourth-order valence-electron chi connectivity index (χ4n) is 1.69. The molecule has 0 saturated heterocycles. The molecule has 5 nitrogen and oxygen atoms in total. The molecule has 1 aromatic heterocycles. The highest BCUT2D eigenvalue weighted by Crippen LogP contribution is 2.30. The van der Waals surface area contributed by atoms with E-state index in [9.17, 15) is 12.8 Å². The smallest absolute Gasteiger partial charge is 0.341 e. The van der Waals surface area contributed by atoms with Crippen LogP contribution in [0.1, 0.15) is 0 Å². The number of hydrogen-bond donors (Lipinski definition) is 0. The van der Waals surface area contributed by atoms with E-state index in [2.05, 4.69) is 8.75 Å². The second-order valence-electron chi connectivity index (χ2n) is 4.00. The van der Waals surface area contributed by atoms with Crippen LogP contribution in [0.5, 0.6) is 5.75 Å². The van der Waals surface area contributed by atoms with Crippen molar-refractivity contribution in [2.24, 2.45) is 0 Å². The lowest BCUT2D eigenvalue weighted by Gasteiger charge is -2.08. The summed E-state index contributed by atoms with van der Waals surface area (Å²) in [7, 11) is -4.15. The number of halogens is 2. The first-order valence-corrected chi connectivity index (χ1v) is 8.10. The Labute approximate surface area is 128 Å². The summed E-state index contributed by atoms with van der Waals surface area (Å²) in [6.45, 7) is 0. The van der Waals surface area contributed by atoms with Gasteiger partial charge in [0, 0.05) is 0 Å². The number of rotatable bonds is 3. The maximum Gasteiger partial charge on any atom is 0.341 e. The zero-order valence-electron chi connectivity index (χ0n) is 10.2. The zero-order valence-corrected chi connectivity index (χ0v) is 12.5. The molecule has 0 radical (unpaired) electrons. The van der Waals surface area contributed by atoms with Crippen molar-refractivity contribution >= 4 is 44.5 Å². The fraction of sp³-hybridized carbons (Fsp3) is 0. The lowest BCUT2D eigenvalue weighted by molar-refractivity contribution is 0.486. The van der Waals surface area contributed by atoms with Gasteiger partial charge in [-0.15, -0.1) is 0 Å². The molecule has 9 heteroatoms. The summed E-state index contributed by atoms with van der Waals surface area (Å²) < 4.78 is 50.5. The largest absolute Gasteiger partial charge is 0.377 e. The number of fused-ring (bicyclic) bond motifs is 1. The van der Waals surface area contributed by atoms with Gasteiger partial charge in [-0.3, -0.25) is 0 Å². The van der Waals surface area contributed by atoms with E-state index in [0.717, 1.165) is 29.9 Å². The van der Waals surface area contributed by atoms with Crippen molar-refractivity contribution in [2.75, 3.05) is 0 Å². The van der Waals surface area contributed by atoms with Gasteiger partial charge in [0.15, 0.2) is 5.75 Å². The predicted octanol–water partition coefficient (Wildman–Crippen LogP) is 3.25. The quantitative estimate of drug-likeness (QED) is 0.682. The Balaban J connectivity index is 2.06. The van der Waals surface area contributed by atoms with Crippen molar-refractivity contribution in [1.82, 2.24) is 8.75 Å². The Kier molecular flexibility index (Phi) is 3.52. The van der Waals surface area contributed by atoms with Crippen molar-refractivity contribution in [2.45, 2.75) is 4.90 Å². The average Bonchev–Trinajstić information content (AvgIpc) is 2.90. The molecule has 21 heavy (non-hydrogen) atoms. The minimum atomic E-state index is -4.15. The van der Waals surface area contributed by atoms with Crippen molar-refractivity contribution in [1.29, 1.82) is 0 Å². The first-order chi connectivity index (χ1) is 9.97. The molecule has 0 aliphatic rings. The highest BCUT2D eigenvalue weighted by molar-refractivity contribution is 7.87. The van der Waals surface area contributed by atoms with Crippen molar-refractivity contribution < 1.29 is 17.0 Å². The molecule has 108 valence electrons. The predicted molar refractivity (Wildman–Crippen MR) is 76.6 cm³/mol.